The van der Waals surface area contributed by atoms with Gasteiger partial charge >= 0.3 is 0 Å². The molecule has 1 aliphatic rings. The molecule has 2 aromatic carbocycles. The van der Waals surface area contributed by atoms with Gasteiger partial charge in [-0.3, -0.25) is 4.90 Å². The molecule has 152 valence electrons. The molecule has 1 saturated heterocycles. The monoisotopic (exact) mass is 391 g/mol. The van der Waals surface area contributed by atoms with Gasteiger partial charge in [0.2, 0.25) is 0 Å². The van der Waals surface area contributed by atoms with Crippen molar-refractivity contribution in [3.63, 3.8) is 0 Å². The predicted octanol–water partition coefficient (Wildman–Crippen LogP) is 2.87. The molecule has 0 aromatic heterocycles. The van der Waals surface area contributed by atoms with E-state index in [1.54, 1.807) is 44.6 Å². The van der Waals surface area contributed by atoms with Gasteiger partial charge in [-0.05, 0) is 24.6 Å². The fourth-order valence-corrected chi connectivity index (χ4v) is 3.35. The van der Waals surface area contributed by atoms with Gasteiger partial charge in [0.05, 0.1) is 21.3 Å². The third kappa shape index (κ3) is 4.66. The van der Waals surface area contributed by atoms with Crippen molar-refractivity contribution in [2.24, 2.45) is 0 Å². The summed E-state index contributed by atoms with van der Waals surface area (Å²) in [5.41, 5.74) is 0.576. The highest BCUT2D eigenvalue weighted by Crippen LogP contribution is 2.32. The number of ether oxygens (including phenoxy) is 4. The number of rotatable bonds is 7. The maximum absolute atomic E-state index is 14.2. The molecule has 1 N–H and O–H groups in total. The van der Waals surface area contributed by atoms with Crippen molar-refractivity contribution in [3.8, 4) is 23.0 Å². The van der Waals surface area contributed by atoms with Crippen LogP contribution in [0.15, 0.2) is 36.4 Å². The summed E-state index contributed by atoms with van der Waals surface area (Å²) >= 11 is 0. The van der Waals surface area contributed by atoms with Crippen LogP contribution in [-0.2, 0) is 6.54 Å². The Hall–Kier alpha value is -2.51. The highest BCUT2D eigenvalue weighted by Gasteiger charge is 2.30. The van der Waals surface area contributed by atoms with Crippen LogP contribution in [0.25, 0.3) is 0 Å². The van der Waals surface area contributed by atoms with E-state index in [4.69, 9.17) is 18.9 Å². The van der Waals surface area contributed by atoms with Crippen molar-refractivity contribution in [1.82, 2.24) is 4.90 Å². The molecule has 0 saturated carbocycles. The average Bonchev–Trinajstić information content (AvgIpc) is 2.71. The minimum atomic E-state index is -0.678. The van der Waals surface area contributed by atoms with Crippen molar-refractivity contribution in [3.05, 3.63) is 47.8 Å². The molecule has 0 amide bonds. The number of hydrogen-bond donors (Lipinski definition) is 1. The molecule has 28 heavy (non-hydrogen) atoms. The summed E-state index contributed by atoms with van der Waals surface area (Å²) in [6, 6.07) is 10.1. The predicted molar refractivity (Wildman–Crippen MR) is 103 cm³/mol. The number of methoxy groups -OCH3 is 3. The van der Waals surface area contributed by atoms with Gasteiger partial charge in [-0.25, -0.2) is 4.39 Å². The van der Waals surface area contributed by atoms with E-state index in [0.29, 0.717) is 54.6 Å². The van der Waals surface area contributed by atoms with E-state index in [2.05, 4.69) is 0 Å². The fourth-order valence-electron chi connectivity index (χ4n) is 3.35. The summed E-state index contributed by atoms with van der Waals surface area (Å²) in [6.07, 6.45) is -0.383. The number of benzene rings is 2. The zero-order chi connectivity index (χ0) is 20.1. The molecule has 1 aliphatic heterocycles. The SMILES string of the molecule is COc1ccc(CN2CC[C@@H](Oc3ccc(OC)c(OC)c3)[C@H](O)C2)c(F)c1. The number of nitrogens with zero attached hydrogens (tertiary/aromatic N) is 1. The molecular formula is C21H26FNO5. The Morgan fingerprint density at radius 1 is 1.00 bits per heavy atom. The second-order valence-electron chi connectivity index (χ2n) is 6.72. The van der Waals surface area contributed by atoms with E-state index in [1.165, 1.54) is 13.2 Å². The number of halogens is 1. The van der Waals surface area contributed by atoms with Crippen LogP contribution in [0, 0.1) is 5.82 Å². The minimum Gasteiger partial charge on any atom is -0.497 e. The lowest BCUT2D eigenvalue weighted by Gasteiger charge is -2.36. The highest BCUT2D eigenvalue weighted by molar-refractivity contribution is 5.45. The molecule has 1 heterocycles. The molecule has 1 fully saturated rings. The van der Waals surface area contributed by atoms with Crippen LogP contribution in [-0.4, -0.2) is 56.6 Å². The van der Waals surface area contributed by atoms with Crippen LogP contribution in [0.2, 0.25) is 0 Å². The van der Waals surface area contributed by atoms with Crippen LogP contribution in [0.5, 0.6) is 23.0 Å². The van der Waals surface area contributed by atoms with E-state index in [9.17, 15) is 9.50 Å². The Morgan fingerprint density at radius 3 is 2.39 bits per heavy atom. The number of aliphatic hydroxyl groups excluding tert-OH is 1. The lowest BCUT2D eigenvalue weighted by Crippen LogP contribution is -2.48. The van der Waals surface area contributed by atoms with Crippen LogP contribution in [0.1, 0.15) is 12.0 Å². The zero-order valence-electron chi connectivity index (χ0n) is 16.4. The number of aliphatic hydroxyl groups is 1. The Labute approximate surface area is 164 Å². The number of piperidine rings is 1. The average molecular weight is 391 g/mol. The fraction of sp³-hybridized carbons (Fsp3) is 0.429. The number of β-amino-alcohol motifs (C(OH)–C–C–N with tert-alkyl or cyclic N) is 1. The third-order valence-corrected chi connectivity index (χ3v) is 4.90. The second-order valence-corrected chi connectivity index (χ2v) is 6.72. The van der Waals surface area contributed by atoms with Crippen LogP contribution < -0.4 is 18.9 Å². The summed E-state index contributed by atoms with van der Waals surface area (Å²) < 4.78 is 35.7. The van der Waals surface area contributed by atoms with Crippen LogP contribution >= 0.6 is 0 Å². The number of likely N-dealkylation sites (tertiary alicyclic amines) is 1. The molecule has 6 nitrogen and oxygen atoms in total. The Balaban J connectivity index is 1.59. The quantitative estimate of drug-likeness (QED) is 0.783. The van der Waals surface area contributed by atoms with Gasteiger partial charge in [-0.2, -0.15) is 0 Å². The van der Waals surface area contributed by atoms with Gasteiger partial charge in [0, 0.05) is 37.3 Å². The maximum atomic E-state index is 14.2. The first-order valence-corrected chi connectivity index (χ1v) is 9.15. The van der Waals surface area contributed by atoms with Crippen molar-refractivity contribution < 1.29 is 28.4 Å². The normalized spacial score (nSPS) is 19.9. The van der Waals surface area contributed by atoms with Gasteiger partial charge in [-0.15, -0.1) is 0 Å². The van der Waals surface area contributed by atoms with Crippen LogP contribution in [0.3, 0.4) is 0 Å². The Bertz CT molecular complexity index is 800. The number of hydrogen-bond acceptors (Lipinski definition) is 6. The first-order valence-electron chi connectivity index (χ1n) is 9.15. The molecule has 7 heteroatoms. The molecule has 3 rings (SSSR count). The third-order valence-electron chi connectivity index (χ3n) is 4.90. The van der Waals surface area contributed by atoms with Gasteiger partial charge in [0.1, 0.15) is 29.5 Å². The molecule has 0 aliphatic carbocycles. The highest BCUT2D eigenvalue weighted by atomic mass is 19.1. The van der Waals surface area contributed by atoms with E-state index in [0.717, 1.165) is 0 Å². The summed E-state index contributed by atoms with van der Waals surface area (Å²) in [5.74, 6) is 1.98. The molecule has 2 atom stereocenters. The first kappa shape index (κ1) is 20.2. The van der Waals surface area contributed by atoms with E-state index in [1.807, 2.05) is 4.90 Å². The van der Waals surface area contributed by atoms with Crippen molar-refractivity contribution >= 4 is 0 Å². The Kier molecular flexibility index (Phi) is 6.59. The summed E-state index contributed by atoms with van der Waals surface area (Å²) in [4.78, 5) is 2.02. The smallest absolute Gasteiger partial charge is 0.164 e. The molecule has 0 bridgehead atoms. The van der Waals surface area contributed by atoms with E-state index in [-0.39, 0.29) is 11.9 Å². The first-order chi connectivity index (χ1) is 13.5. The van der Waals surface area contributed by atoms with E-state index < -0.39 is 6.10 Å². The van der Waals surface area contributed by atoms with Gasteiger partial charge in [-0.1, -0.05) is 6.07 Å². The van der Waals surface area contributed by atoms with Gasteiger partial charge < -0.3 is 24.1 Å². The van der Waals surface area contributed by atoms with Crippen molar-refractivity contribution in [2.75, 3.05) is 34.4 Å². The van der Waals surface area contributed by atoms with Crippen molar-refractivity contribution in [2.45, 2.75) is 25.2 Å². The maximum Gasteiger partial charge on any atom is 0.164 e. The standard InChI is InChI=1S/C21H26FNO5/c1-25-15-5-4-14(17(22)10-15)12-23-9-8-19(18(24)13-23)28-16-6-7-20(26-2)21(11-16)27-3/h4-7,10-11,18-19,24H,8-9,12-13H2,1-3H3/t18-,19-/m1/s1. The molecular weight excluding hydrogens is 365 g/mol. The zero-order valence-corrected chi connectivity index (χ0v) is 16.4. The molecule has 2 aromatic rings. The minimum absolute atomic E-state index is 0.308. The second kappa shape index (κ2) is 9.12. The molecule has 0 spiro atoms. The molecule has 0 radical (unpaired) electrons. The van der Waals surface area contributed by atoms with Gasteiger partial charge in [0.15, 0.2) is 11.5 Å². The lowest BCUT2D eigenvalue weighted by molar-refractivity contribution is -0.0278. The van der Waals surface area contributed by atoms with Crippen LogP contribution in [0.4, 0.5) is 4.39 Å². The van der Waals surface area contributed by atoms with E-state index >= 15 is 0 Å². The van der Waals surface area contributed by atoms with Gasteiger partial charge in [0.25, 0.3) is 0 Å². The lowest BCUT2D eigenvalue weighted by atomic mass is 10.0. The Morgan fingerprint density at radius 2 is 1.75 bits per heavy atom. The molecule has 0 unspecified atom stereocenters. The largest absolute Gasteiger partial charge is 0.497 e. The summed E-state index contributed by atoms with van der Waals surface area (Å²) in [5, 5.41) is 10.5. The topological polar surface area (TPSA) is 60.4 Å². The summed E-state index contributed by atoms with van der Waals surface area (Å²) in [7, 11) is 4.64. The van der Waals surface area contributed by atoms with Crippen molar-refractivity contribution in [1.29, 1.82) is 0 Å². The summed E-state index contributed by atoms with van der Waals surface area (Å²) in [6.45, 7) is 1.53.